The van der Waals surface area contributed by atoms with Crippen molar-refractivity contribution in [2.24, 2.45) is 0 Å². The highest BCUT2D eigenvalue weighted by molar-refractivity contribution is 6.25. The van der Waals surface area contributed by atoms with Gasteiger partial charge in [-0.15, -0.1) is 0 Å². The zero-order chi connectivity index (χ0) is 23.0. The van der Waals surface area contributed by atoms with Crippen LogP contribution in [-0.4, -0.2) is 59.0 Å². The first-order valence-corrected chi connectivity index (χ1v) is 9.77. The van der Waals surface area contributed by atoms with Gasteiger partial charge in [-0.2, -0.15) is 0 Å². The summed E-state index contributed by atoms with van der Waals surface area (Å²) < 4.78 is 24.1. The Morgan fingerprint density at radius 1 is 1.32 bits per heavy atom. The van der Waals surface area contributed by atoms with Gasteiger partial charge in [-0.1, -0.05) is 0 Å². The van der Waals surface area contributed by atoms with Crippen molar-refractivity contribution in [3.05, 3.63) is 35.8 Å². The molecule has 1 aromatic heterocycles. The van der Waals surface area contributed by atoms with Gasteiger partial charge < -0.3 is 19.8 Å². The fourth-order valence-electron chi connectivity index (χ4n) is 3.05. The monoisotopic (exact) mass is 433 g/mol. The van der Waals surface area contributed by atoms with Crippen LogP contribution in [-0.2, 0) is 30.3 Å². The zero-order valence-electron chi connectivity index (χ0n) is 17.6. The number of benzene rings is 1. The van der Waals surface area contributed by atoms with Crippen LogP contribution >= 0.6 is 0 Å². The molecule has 166 valence electrons. The van der Waals surface area contributed by atoms with Gasteiger partial charge in [0, 0.05) is 37.1 Å². The number of rotatable bonds is 11. The van der Waals surface area contributed by atoms with Gasteiger partial charge in [0.1, 0.15) is 18.0 Å². The molecular weight excluding hydrogens is 407 g/mol. The number of Topliss-reactive ketones (excluding diaryl/α,β-unsaturated/α-hetero) is 1. The first-order valence-electron chi connectivity index (χ1n) is 9.77. The quantitative estimate of drug-likeness (QED) is 0.215. The van der Waals surface area contributed by atoms with E-state index in [0.29, 0.717) is 10.9 Å². The summed E-state index contributed by atoms with van der Waals surface area (Å²) in [5, 5.41) is 3.21. The first kappa shape index (κ1) is 23.9. The Kier molecular flexibility index (Phi) is 8.60. The van der Waals surface area contributed by atoms with Crippen molar-refractivity contribution in [2.75, 3.05) is 7.11 Å². The summed E-state index contributed by atoms with van der Waals surface area (Å²) in [5.41, 5.74) is 8.10. The number of fused-ring (bicyclic) bond motifs is 1. The van der Waals surface area contributed by atoms with Crippen molar-refractivity contribution in [1.29, 1.82) is 5.53 Å². The molecule has 0 spiro atoms. The summed E-state index contributed by atoms with van der Waals surface area (Å²) in [6.07, 6.45) is 1.17. The Morgan fingerprint density at radius 3 is 2.71 bits per heavy atom. The average Bonchev–Trinajstić information content (AvgIpc) is 3.10. The minimum atomic E-state index is -1.07. The van der Waals surface area contributed by atoms with Crippen LogP contribution in [0.2, 0.25) is 0 Å². The first-order chi connectivity index (χ1) is 14.7. The highest BCUT2D eigenvalue weighted by Gasteiger charge is 2.28. The number of nitrogens with zero attached hydrogens (tertiary/aromatic N) is 1. The minimum absolute atomic E-state index is 0.0170. The van der Waals surface area contributed by atoms with E-state index in [0.717, 1.165) is 11.7 Å². The zero-order valence-corrected chi connectivity index (χ0v) is 17.6. The van der Waals surface area contributed by atoms with Crippen molar-refractivity contribution in [2.45, 2.75) is 51.4 Å². The van der Waals surface area contributed by atoms with Crippen molar-refractivity contribution in [3.63, 3.8) is 0 Å². The lowest BCUT2D eigenvalue weighted by Gasteiger charge is -2.21. The lowest BCUT2D eigenvalue weighted by atomic mass is 10.0. The molecule has 3 N–H and O–H groups in total. The minimum Gasteiger partial charge on any atom is -0.461 e. The number of aromatic nitrogens is 1. The number of hydrogen-bond acceptors (Lipinski definition) is 6. The topological polar surface area (TPSA) is 135 Å². The summed E-state index contributed by atoms with van der Waals surface area (Å²) in [6, 6.07) is 3.23. The average molecular weight is 433 g/mol. The summed E-state index contributed by atoms with van der Waals surface area (Å²) in [7, 11) is 1.36. The van der Waals surface area contributed by atoms with Crippen LogP contribution in [0.5, 0.6) is 0 Å². The smallest absolute Gasteiger partial charge is 0.372 e. The molecule has 1 heterocycles. The third-order valence-corrected chi connectivity index (χ3v) is 4.55. The maximum Gasteiger partial charge on any atom is 0.372 e. The number of H-pyrrole nitrogens is 1. The van der Waals surface area contributed by atoms with E-state index in [4.69, 9.17) is 15.0 Å². The van der Waals surface area contributed by atoms with Crippen LogP contribution in [0.15, 0.2) is 24.4 Å². The Labute approximate surface area is 178 Å². The van der Waals surface area contributed by atoms with Crippen LogP contribution in [0.4, 0.5) is 4.39 Å². The normalized spacial score (nSPS) is 12.8. The van der Waals surface area contributed by atoms with E-state index in [2.05, 4.69) is 15.1 Å². The molecule has 2 atom stereocenters. The second-order valence-electron chi connectivity index (χ2n) is 7.24. The summed E-state index contributed by atoms with van der Waals surface area (Å²) in [6.45, 7) is 3.34. The van der Waals surface area contributed by atoms with Gasteiger partial charge in [0.25, 0.3) is 0 Å². The Hall–Kier alpha value is -3.36. The summed E-state index contributed by atoms with van der Waals surface area (Å²) in [4.78, 5) is 42.8. The molecule has 9 nitrogen and oxygen atoms in total. The number of amides is 1. The Bertz CT molecular complexity index is 997. The number of esters is 1. The predicted octanol–water partition coefficient (Wildman–Crippen LogP) is 1.96. The van der Waals surface area contributed by atoms with E-state index in [9.17, 15) is 18.8 Å². The number of hydrogen-bond donors (Lipinski definition) is 3. The van der Waals surface area contributed by atoms with Gasteiger partial charge in [-0.3, -0.25) is 9.59 Å². The van der Waals surface area contributed by atoms with Gasteiger partial charge in [0.15, 0.2) is 0 Å². The molecule has 2 aromatic rings. The van der Waals surface area contributed by atoms with Gasteiger partial charge in [-0.25, -0.2) is 9.18 Å². The molecule has 0 unspecified atom stereocenters. The third-order valence-electron chi connectivity index (χ3n) is 4.55. The highest BCUT2D eigenvalue weighted by Crippen LogP contribution is 2.21. The van der Waals surface area contributed by atoms with E-state index in [-0.39, 0.29) is 19.3 Å². The fourth-order valence-corrected chi connectivity index (χ4v) is 3.05. The SMILES string of the molecule is CO[C@@H](Cc1c[nH]c2ccc(F)cc12)C(=O)N[C@@H](CCC(=O)C=[N+]=N)C(=O)OC(C)C. The molecular formula is C21H26FN4O5+. The van der Waals surface area contributed by atoms with E-state index in [1.807, 2.05) is 0 Å². The molecule has 0 saturated heterocycles. The molecule has 0 fully saturated rings. The van der Waals surface area contributed by atoms with E-state index in [1.54, 1.807) is 26.1 Å². The number of aromatic amines is 1. The molecule has 0 aliphatic rings. The number of methoxy groups -OCH3 is 1. The molecule has 31 heavy (non-hydrogen) atoms. The maximum absolute atomic E-state index is 13.6. The van der Waals surface area contributed by atoms with Gasteiger partial charge >= 0.3 is 12.2 Å². The van der Waals surface area contributed by atoms with E-state index in [1.165, 1.54) is 19.2 Å². The molecule has 1 amide bonds. The second-order valence-corrected chi connectivity index (χ2v) is 7.24. The second kappa shape index (κ2) is 11.1. The molecule has 0 radical (unpaired) electrons. The predicted molar refractivity (Wildman–Crippen MR) is 109 cm³/mol. The standard InChI is InChI=1S/C21H25FN4O5/c1-12(2)31-21(29)18(7-5-15(27)11-25-23)26-20(28)19(30-3)8-13-10-24-17-6-4-14(22)9-16(13)17/h4,6,9-12,18-19,23-24H,5,7-8H2,1-3H3/p+1/t18-,19-/m0/s1. The number of carbonyl (C=O) groups is 3. The van der Waals surface area contributed by atoms with E-state index < -0.39 is 41.7 Å². The lowest BCUT2D eigenvalue weighted by molar-refractivity contribution is -0.152. The Morgan fingerprint density at radius 2 is 2.06 bits per heavy atom. The van der Waals surface area contributed by atoms with E-state index >= 15 is 0 Å². The fraction of sp³-hybridized carbons (Fsp3) is 0.429. The number of ether oxygens (including phenoxy) is 2. The molecule has 0 aliphatic heterocycles. The largest absolute Gasteiger partial charge is 0.461 e. The molecule has 10 heteroatoms. The molecule has 2 rings (SSSR count). The summed E-state index contributed by atoms with van der Waals surface area (Å²) >= 11 is 0. The van der Waals surface area contributed by atoms with Crippen LogP contribution in [0.3, 0.4) is 0 Å². The maximum atomic E-state index is 13.6. The Balaban J connectivity index is 2.14. The van der Waals surface area contributed by atoms with Crippen molar-refractivity contribution in [3.8, 4) is 0 Å². The molecule has 0 saturated carbocycles. The van der Waals surface area contributed by atoms with Crippen molar-refractivity contribution >= 4 is 34.8 Å². The van der Waals surface area contributed by atoms with Gasteiger partial charge in [0.2, 0.25) is 11.7 Å². The molecule has 1 aromatic carbocycles. The van der Waals surface area contributed by atoms with Crippen molar-refractivity contribution in [1.82, 2.24) is 10.3 Å². The van der Waals surface area contributed by atoms with Crippen LogP contribution < -0.4 is 5.32 Å². The number of nitrogens with one attached hydrogen (secondary N) is 3. The van der Waals surface area contributed by atoms with Crippen LogP contribution in [0.25, 0.3) is 10.9 Å². The number of halogens is 1. The molecule has 0 aliphatic carbocycles. The van der Waals surface area contributed by atoms with Crippen molar-refractivity contribution < 1.29 is 33.0 Å². The van der Waals surface area contributed by atoms with Crippen LogP contribution in [0, 0.1) is 11.3 Å². The number of carbonyl (C=O) groups excluding carboxylic acids is 3. The lowest BCUT2D eigenvalue weighted by Crippen LogP contribution is -2.48. The number of ketones is 1. The molecule has 0 bridgehead atoms. The highest BCUT2D eigenvalue weighted by atomic mass is 19.1. The third kappa shape index (κ3) is 6.84. The van der Waals surface area contributed by atoms with Crippen LogP contribution in [0.1, 0.15) is 32.3 Å². The summed E-state index contributed by atoms with van der Waals surface area (Å²) in [5.74, 6) is -2.09. The van der Waals surface area contributed by atoms with Gasteiger partial charge in [-0.05, 0) is 44.0 Å². The van der Waals surface area contributed by atoms with Gasteiger partial charge in [0.05, 0.1) is 16.4 Å².